The molecular weight excluding hydrogens is 582 g/mol. The fourth-order valence-electron chi connectivity index (χ4n) is 6.54. The number of unbranched alkanes of at least 4 members (excludes halogenated alkanes) is 30. The van der Waals surface area contributed by atoms with Gasteiger partial charge in [-0.1, -0.05) is 219 Å². The standard InChI is InChI=1S/C42H83NO4/c1-3-5-7-9-11-13-15-17-18-19-20-21-22-23-25-27-29-31-33-35-37-41(46)42(47)43-39(38-44)40(45)36-34-32-30-28-26-24-16-14-12-10-8-6-4-2/h34,36,39-41,44-46H,3-33,35,37-38H2,1-2H3,(H,43,47)/b36-34+/t39-,40+,41?/m0/s1. The van der Waals surface area contributed by atoms with Gasteiger partial charge < -0.3 is 20.6 Å². The van der Waals surface area contributed by atoms with E-state index in [1.165, 1.54) is 173 Å². The summed E-state index contributed by atoms with van der Waals surface area (Å²) in [4.78, 5) is 12.4. The number of aliphatic hydroxyl groups is 3. The third-order valence-corrected chi connectivity index (χ3v) is 9.88. The molecule has 0 aliphatic carbocycles. The van der Waals surface area contributed by atoms with Crippen molar-refractivity contribution in [3.8, 4) is 0 Å². The maximum Gasteiger partial charge on any atom is 0.249 e. The Morgan fingerprint density at radius 2 is 0.830 bits per heavy atom. The minimum Gasteiger partial charge on any atom is -0.394 e. The van der Waals surface area contributed by atoms with Gasteiger partial charge in [-0.15, -0.1) is 0 Å². The molecule has 0 aliphatic heterocycles. The van der Waals surface area contributed by atoms with E-state index in [0.29, 0.717) is 6.42 Å². The van der Waals surface area contributed by atoms with Crippen LogP contribution in [0, 0.1) is 0 Å². The van der Waals surface area contributed by atoms with Crippen molar-refractivity contribution in [2.75, 3.05) is 6.61 Å². The van der Waals surface area contributed by atoms with E-state index in [9.17, 15) is 20.1 Å². The number of carbonyl (C=O) groups is 1. The SMILES string of the molecule is CCCCCCCCCCCCC/C=C/[C@@H](O)[C@H](CO)NC(=O)C(O)CCCCCCCCCCCCCCCCCCCCCC. The predicted octanol–water partition coefficient (Wildman–Crippen LogP) is 11.7. The molecule has 0 aliphatic rings. The smallest absolute Gasteiger partial charge is 0.249 e. The van der Waals surface area contributed by atoms with Gasteiger partial charge in [0.2, 0.25) is 5.91 Å². The zero-order chi connectivity index (χ0) is 34.5. The fourth-order valence-corrected chi connectivity index (χ4v) is 6.54. The van der Waals surface area contributed by atoms with Gasteiger partial charge in [0.05, 0.1) is 18.8 Å². The van der Waals surface area contributed by atoms with Crippen LogP contribution in [0.25, 0.3) is 0 Å². The summed E-state index contributed by atoms with van der Waals surface area (Å²) in [6, 6.07) is -0.791. The van der Waals surface area contributed by atoms with Crippen LogP contribution < -0.4 is 5.32 Å². The van der Waals surface area contributed by atoms with Crippen molar-refractivity contribution in [3.63, 3.8) is 0 Å². The first kappa shape index (κ1) is 46.1. The maximum atomic E-state index is 12.4. The van der Waals surface area contributed by atoms with Crippen LogP contribution in [0.2, 0.25) is 0 Å². The Hall–Kier alpha value is -0.910. The molecule has 0 aromatic rings. The van der Waals surface area contributed by atoms with Crippen LogP contribution in [0.5, 0.6) is 0 Å². The Kier molecular flexibility index (Phi) is 37.2. The van der Waals surface area contributed by atoms with Crippen LogP contribution in [-0.4, -0.2) is 46.1 Å². The molecule has 0 bridgehead atoms. The summed E-state index contributed by atoms with van der Waals surface area (Å²) in [5.41, 5.74) is 0. The number of allylic oxidation sites excluding steroid dienone is 1. The number of amides is 1. The quantitative estimate of drug-likeness (QED) is 0.0390. The van der Waals surface area contributed by atoms with Crippen molar-refractivity contribution in [2.24, 2.45) is 0 Å². The first-order valence-electron chi connectivity index (χ1n) is 21.0. The highest BCUT2D eigenvalue weighted by molar-refractivity contribution is 5.80. The average Bonchev–Trinajstić information content (AvgIpc) is 3.07. The summed E-state index contributed by atoms with van der Waals surface area (Å²) in [7, 11) is 0. The zero-order valence-corrected chi connectivity index (χ0v) is 31.7. The van der Waals surface area contributed by atoms with E-state index in [-0.39, 0.29) is 6.61 Å². The van der Waals surface area contributed by atoms with Gasteiger partial charge in [-0.2, -0.15) is 0 Å². The van der Waals surface area contributed by atoms with E-state index < -0.39 is 24.2 Å². The largest absolute Gasteiger partial charge is 0.394 e. The number of hydrogen-bond donors (Lipinski definition) is 4. The number of aliphatic hydroxyl groups excluding tert-OH is 3. The average molecular weight is 666 g/mol. The topological polar surface area (TPSA) is 89.8 Å². The minimum atomic E-state index is -1.09. The van der Waals surface area contributed by atoms with Gasteiger partial charge in [-0.25, -0.2) is 0 Å². The minimum absolute atomic E-state index is 0.359. The molecule has 47 heavy (non-hydrogen) atoms. The van der Waals surface area contributed by atoms with Crippen molar-refractivity contribution in [2.45, 2.75) is 244 Å². The molecule has 3 atom stereocenters. The lowest BCUT2D eigenvalue weighted by atomic mass is 10.0. The molecule has 0 fully saturated rings. The molecular formula is C42H83NO4. The molecule has 0 spiro atoms. The molecule has 1 unspecified atom stereocenters. The summed E-state index contributed by atoms with van der Waals surface area (Å²) >= 11 is 0. The van der Waals surface area contributed by atoms with Crippen molar-refractivity contribution in [1.29, 1.82) is 0 Å². The van der Waals surface area contributed by atoms with Gasteiger partial charge in [0, 0.05) is 0 Å². The van der Waals surface area contributed by atoms with Gasteiger partial charge >= 0.3 is 0 Å². The van der Waals surface area contributed by atoms with Gasteiger partial charge in [0.1, 0.15) is 6.10 Å². The predicted molar refractivity (Wildman–Crippen MR) is 204 cm³/mol. The molecule has 5 heteroatoms. The Morgan fingerprint density at radius 3 is 1.17 bits per heavy atom. The molecule has 5 nitrogen and oxygen atoms in total. The number of carbonyl (C=O) groups excluding carboxylic acids is 1. The lowest BCUT2D eigenvalue weighted by Crippen LogP contribution is -2.48. The molecule has 0 radical (unpaired) electrons. The summed E-state index contributed by atoms with van der Waals surface area (Å²) in [6.45, 7) is 4.18. The second-order valence-corrected chi connectivity index (χ2v) is 14.6. The van der Waals surface area contributed by atoms with Crippen molar-refractivity contribution < 1.29 is 20.1 Å². The normalized spacial score (nSPS) is 13.7. The van der Waals surface area contributed by atoms with Crippen LogP contribution >= 0.6 is 0 Å². The van der Waals surface area contributed by atoms with E-state index in [2.05, 4.69) is 19.2 Å². The fraction of sp³-hybridized carbons (Fsp3) is 0.929. The molecule has 0 heterocycles. The van der Waals surface area contributed by atoms with Crippen LogP contribution in [0.4, 0.5) is 0 Å². The van der Waals surface area contributed by atoms with E-state index in [0.717, 1.165) is 32.1 Å². The van der Waals surface area contributed by atoms with Gasteiger partial charge in [0.25, 0.3) is 0 Å². The molecule has 4 N–H and O–H groups in total. The second kappa shape index (κ2) is 37.9. The lowest BCUT2D eigenvalue weighted by molar-refractivity contribution is -0.131. The second-order valence-electron chi connectivity index (χ2n) is 14.6. The zero-order valence-electron chi connectivity index (χ0n) is 31.7. The Morgan fingerprint density at radius 1 is 0.511 bits per heavy atom. The third kappa shape index (κ3) is 33.4. The van der Waals surface area contributed by atoms with Crippen molar-refractivity contribution in [1.82, 2.24) is 5.32 Å². The summed E-state index contributed by atoms with van der Waals surface area (Å²) in [5.74, 6) is -0.500. The highest BCUT2D eigenvalue weighted by atomic mass is 16.3. The highest BCUT2D eigenvalue weighted by Crippen LogP contribution is 2.16. The lowest BCUT2D eigenvalue weighted by Gasteiger charge is -2.21. The van der Waals surface area contributed by atoms with E-state index >= 15 is 0 Å². The van der Waals surface area contributed by atoms with E-state index in [4.69, 9.17) is 0 Å². The van der Waals surface area contributed by atoms with Crippen LogP contribution in [-0.2, 0) is 4.79 Å². The third-order valence-electron chi connectivity index (χ3n) is 9.88. The molecule has 0 aromatic carbocycles. The van der Waals surface area contributed by atoms with Crippen LogP contribution in [0.3, 0.4) is 0 Å². The first-order chi connectivity index (χ1) is 23.1. The van der Waals surface area contributed by atoms with Crippen LogP contribution in [0.1, 0.15) is 226 Å². The molecule has 1 amide bonds. The highest BCUT2D eigenvalue weighted by Gasteiger charge is 2.22. The van der Waals surface area contributed by atoms with Crippen molar-refractivity contribution in [3.05, 3.63) is 12.2 Å². The van der Waals surface area contributed by atoms with Gasteiger partial charge in [0.15, 0.2) is 0 Å². The van der Waals surface area contributed by atoms with Crippen LogP contribution in [0.15, 0.2) is 12.2 Å². The summed E-state index contributed by atoms with van der Waals surface area (Å²) in [5, 5.41) is 33.1. The number of rotatable bonds is 38. The Labute approximate surface area is 293 Å². The molecule has 0 rings (SSSR count). The Balaban J connectivity index is 3.63. The Bertz CT molecular complexity index is 655. The molecule has 280 valence electrons. The van der Waals surface area contributed by atoms with E-state index in [1.807, 2.05) is 6.08 Å². The summed E-state index contributed by atoms with van der Waals surface area (Å²) < 4.78 is 0. The monoisotopic (exact) mass is 666 g/mol. The van der Waals surface area contributed by atoms with Gasteiger partial charge in [-0.05, 0) is 19.3 Å². The maximum absolute atomic E-state index is 12.4. The van der Waals surface area contributed by atoms with Gasteiger partial charge in [-0.3, -0.25) is 4.79 Å². The number of nitrogens with one attached hydrogen (secondary N) is 1. The molecule has 0 aromatic heterocycles. The summed E-state index contributed by atoms with van der Waals surface area (Å²) in [6.07, 6.45) is 43.8. The van der Waals surface area contributed by atoms with E-state index in [1.54, 1.807) is 6.08 Å². The van der Waals surface area contributed by atoms with Crippen molar-refractivity contribution >= 4 is 5.91 Å². The molecule has 0 saturated carbocycles. The first-order valence-corrected chi connectivity index (χ1v) is 21.0. The molecule has 0 saturated heterocycles. The number of hydrogen-bond acceptors (Lipinski definition) is 4.